The molecule has 164 valence electrons. The Balaban J connectivity index is 1.48. The van der Waals surface area contributed by atoms with Crippen molar-refractivity contribution in [1.82, 2.24) is 30.1 Å². The molecule has 3 heterocycles. The van der Waals surface area contributed by atoms with Crippen molar-refractivity contribution in [1.29, 1.82) is 0 Å². The summed E-state index contributed by atoms with van der Waals surface area (Å²) >= 11 is 0. The van der Waals surface area contributed by atoms with Crippen molar-refractivity contribution in [3.05, 3.63) is 54.4 Å². The lowest BCUT2D eigenvalue weighted by Gasteiger charge is -2.07. The first-order chi connectivity index (χ1) is 15.4. The lowest BCUT2D eigenvalue weighted by Crippen LogP contribution is -2.16. The van der Waals surface area contributed by atoms with E-state index in [9.17, 15) is 13.2 Å². The summed E-state index contributed by atoms with van der Waals surface area (Å²) in [4.78, 5) is 20.6. The fourth-order valence-electron chi connectivity index (χ4n) is 2.54. The molecule has 32 heavy (non-hydrogen) atoms. The van der Waals surface area contributed by atoms with Crippen LogP contribution in [0.25, 0.3) is 23.1 Å². The highest BCUT2D eigenvalue weighted by Gasteiger charge is 2.27. The number of hydrogen-bond acceptors (Lipinski definition) is 10. The van der Waals surface area contributed by atoms with E-state index in [0.717, 1.165) is 5.69 Å². The summed E-state index contributed by atoms with van der Waals surface area (Å²) in [6.45, 7) is -1.63. The van der Waals surface area contributed by atoms with Crippen LogP contribution >= 0.6 is 0 Å². The van der Waals surface area contributed by atoms with E-state index in [4.69, 9.17) is 10.3 Å². The number of hydrogen-bond donors (Lipinski definition) is 2. The molecule has 0 unspecified atom stereocenters. The second-order valence-electron chi connectivity index (χ2n) is 6.40. The van der Waals surface area contributed by atoms with Crippen LogP contribution in [0.3, 0.4) is 0 Å². The van der Waals surface area contributed by atoms with Crippen LogP contribution in [0.1, 0.15) is 5.69 Å². The van der Waals surface area contributed by atoms with E-state index < -0.39 is 12.8 Å². The van der Waals surface area contributed by atoms with E-state index in [1.165, 1.54) is 12.3 Å². The predicted octanol–water partition coefficient (Wildman–Crippen LogP) is 3.39. The summed E-state index contributed by atoms with van der Waals surface area (Å²) in [6.07, 6.45) is -3.01. The third kappa shape index (κ3) is 5.51. The monoisotopic (exact) mass is 444 g/mol. The molecule has 0 amide bonds. The first-order valence-electron chi connectivity index (χ1n) is 9.13. The third-order valence-electron chi connectivity index (χ3n) is 3.90. The molecular weight excluding hydrogens is 429 g/mol. The zero-order chi connectivity index (χ0) is 22.6. The second kappa shape index (κ2) is 8.93. The Hall–Kier alpha value is -4.13. The summed E-state index contributed by atoms with van der Waals surface area (Å²) in [7, 11) is 0. The molecule has 0 aliphatic rings. The predicted molar refractivity (Wildman–Crippen MR) is 106 cm³/mol. The summed E-state index contributed by atoms with van der Waals surface area (Å²) in [5.41, 5.74) is 7.30. The number of ether oxygens (including phenoxy) is 1. The molecular formula is C19H15F3N8O2. The number of nitrogens with zero attached hydrogens (tertiary/aromatic N) is 6. The maximum Gasteiger partial charge on any atom is 0.411 e. The van der Waals surface area contributed by atoms with Gasteiger partial charge in [-0.15, -0.1) is 0 Å². The molecule has 0 aliphatic heterocycles. The van der Waals surface area contributed by atoms with Crippen molar-refractivity contribution in [2.45, 2.75) is 12.8 Å². The summed E-state index contributed by atoms with van der Waals surface area (Å²) in [5.74, 6) is 0.449. The largest absolute Gasteiger partial charge is 0.411 e. The Bertz CT molecular complexity index is 1180. The molecule has 0 spiro atoms. The third-order valence-corrected chi connectivity index (χ3v) is 3.90. The van der Waals surface area contributed by atoms with Gasteiger partial charge in [0.15, 0.2) is 0 Å². The van der Waals surface area contributed by atoms with E-state index >= 15 is 0 Å². The minimum Gasteiger partial charge on any atom is -0.368 e. The van der Waals surface area contributed by atoms with Crippen LogP contribution in [-0.4, -0.2) is 42.9 Å². The van der Waals surface area contributed by atoms with Gasteiger partial charge in [-0.05, 0) is 24.3 Å². The molecule has 0 atom stereocenters. The topological polar surface area (TPSA) is 138 Å². The van der Waals surface area contributed by atoms with Gasteiger partial charge in [0.25, 0.3) is 5.89 Å². The van der Waals surface area contributed by atoms with E-state index in [1.807, 2.05) is 30.3 Å². The Morgan fingerprint density at radius 2 is 1.78 bits per heavy atom. The van der Waals surface area contributed by atoms with E-state index in [-0.39, 0.29) is 36.0 Å². The molecule has 4 rings (SSSR count). The highest BCUT2D eigenvalue weighted by atomic mass is 19.4. The average molecular weight is 444 g/mol. The van der Waals surface area contributed by atoms with Gasteiger partial charge >= 0.3 is 6.18 Å². The summed E-state index contributed by atoms with van der Waals surface area (Å²) < 4.78 is 46.2. The van der Waals surface area contributed by atoms with Gasteiger partial charge in [0.1, 0.15) is 6.61 Å². The number of alkyl halides is 3. The number of nitrogens with two attached hydrogens (primary N) is 1. The molecule has 13 heteroatoms. The molecule has 3 N–H and O–H groups in total. The fraction of sp³-hybridized carbons (Fsp3) is 0.158. The molecule has 3 aromatic heterocycles. The molecule has 4 aromatic rings. The molecule has 0 radical (unpaired) electrons. The van der Waals surface area contributed by atoms with Gasteiger partial charge in [-0.1, -0.05) is 23.4 Å². The zero-order valence-corrected chi connectivity index (χ0v) is 16.2. The van der Waals surface area contributed by atoms with Gasteiger partial charge in [0.05, 0.1) is 17.9 Å². The Labute approximate surface area is 178 Å². The van der Waals surface area contributed by atoms with Crippen LogP contribution in [0.5, 0.6) is 0 Å². The second-order valence-corrected chi connectivity index (χ2v) is 6.40. The lowest BCUT2D eigenvalue weighted by atomic mass is 10.2. The van der Waals surface area contributed by atoms with Crippen LogP contribution in [-0.2, 0) is 11.3 Å². The van der Waals surface area contributed by atoms with Crippen LogP contribution in [0, 0.1) is 0 Å². The Morgan fingerprint density at radius 1 is 0.969 bits per heavy atom. The number of halogens is 3. The van der Waals surface area contributed by atoms with Crippen molar-refractivity contribution >= 4 is 17.6 Å². The number of nitrogen functional groups attached to an aromatic ring is 1. The number of anilines is 3. The molecule has 0 bridgehead atoms. The SMILES string of the molecule is Nc1nc(Nc2ccccc2)nc(-c2noc(-c3ccc(COCC(F)(F)F)nc3)n2)n1. The first kappa shape index (κ1) is 21.1. The number of pyridine rings is 1. The maximum atomic E-state index is 12.1. The summed E-state index contributed by atoms with van der Waals surface area (Å²) in [6, 6.07) is 12.3. The zero-order valence-electron chi connectivity index (χ0n) is 16.2. The molecule has 10 nitrogen and oxygen atoms in total. The quantitative estimate of drug-likeness (QED) is 0.436. The van der Waals surface area contributed by atoms with Gasteiger partial charge in [0, 0.05) is 11.9 Å². The van der Waals surface area contributed by atoms with Crippen LogP contribution in [0.4, 0.5) is 30.8 Å². The van der Waals surface area contributed by atoms with Crippen LogP contribution < -0.4 is 11.1 Å². The Morgan fingerprint density at radius 3 is 2.50 bits per heavy atom. The molecule has 0 fully saturated rings. The van der Waals surface area contributed by atoms with Gasteiger partial charge in [-0.3, -0.25) is 4.98 Å². The van der Waals surface area contributed by atoms with Crippen molar-refractivity contribution in [3.63, 3.8) is 0 Å². The van der Waals surface area contributed by atoms with Gasteiger partial charge in [-0.2, -0.15) is 33.1 Å². The highest BCUT2D eigenvalue weighted by Crippen LogP contribution is 2.22. The number of para-hydroxylation sites is 1. The maximum absolute atomic E-state index is 12.1. The molecule has 0 saturated carbocycles. The van der Waals surface area contributed by atoms with Gasteiger partial charge in [-0.25, -0.2) is 0 Å². The van der Waals surface area contributed by atoms with Crippen molar-refractivity contribution < 1.29 is 22.4 Å². The lowest BCUT2D eigenvalue weighted by molar-refractivity contribution is -0.176. The minimum absolute atomic E-state index is 0.0374. The number of nitrogens with one attached hydrogen (secondary N) is 1. The molecule has 0 aliphatic carbocycles. The number of benzene rings is 1. The van der Waals surface area contributed by atoms with Gasteiger partial charge < -0.3 is 20.3 Å². The molecule has 0 saturated heterocycles. The molecule has 1 aromatic carbocycles. The average Bonchev–Trinajstić information content (AvgIpc) is 3.24. The standard InChI is InChI=1S/C19H15F3N8O2/c20-19(21,22)10-31-9-13-7-6-11(8-24-13)16-26-15(30-32-16)14-27-17(23)29-18(28-14)25-12-4-2-1-3-5-12/h1-8H,9-10H2,(H3,23,25,27,28,29). The minimum atomic E-state index is -4.39. The first-order valence-corrected chi connectivity index (χ1v) is 9.13. The fourth-order valence-corrected chi connectivity index (χ4v) is 2.54. The highest BCUT2D eigenvalue weighted by molar-refractivity contribution is 5.58. The Kier molecular flexibility index (Phi) is 5.89. The smallest absolute Gasteiger partial charge is 0.368 e. The van der Waals surface area contributed by atoms with E-state index in [2.05, 4.69) is 40.1 Å². The van der Waals surface area contributed by atoms with E-state index in [0.29, 0.717) is 11.3 Å². The van der Waals surface area contributed by atoms with Crippen molar-refractivity contribution in [2.24, 2.45) is 0 Å². The van der Waals surface area contributed by atoms with Crippen molar-refractivity contribution in [2.75, 3.05) is 17.7 Å². The van der Waals surface area contributed by atoms with E-state index in [1.54, 1.807) is 6.07 Å². The van der Waals surface area contributed by atoms with Gasteiger partial charge in [0.2, 0.25) is 23.5 Å². The van der Waals surface area contributed by atoms with Crippen molar-refractivity contribution in [3.8, 4) is 23.1 Å². The summed E-state index contributed by atoms with van der Waals surface area (Å²) in [5, 5.41) is 6.86. The number of rotatable bonds is 7. The number of aromatic nitrogens is 6. The normalized spacial score (nSPS) is 11.5. The van der Waals surface area contributed by atoms with Crippen LogP contribution in [0.15, 0.2) is 53.2 Å². The van der Waals surface area contributed by atoms with Crippen LogP contribution in [0.2, 0.25) is 0 Å².